The molecule has 1 heterocycles. The van der Waals surface area contributed by atoms with Crippen LogP contribution in [0.1, 0.15) is 50.5 Å². The van der Waals surface area contributed by atoms with Crippen LogP contribution in [0.5, 0.6) is 11.5 Å². The Morgan fingerprint density at radius 3 is 2.42 bits per heavy atom. The molecule has 0 saturated carbocycles. The Morgan fingerprint density at radius 1 is 0.935 bits per heavy atom. The number of carbonyl (C=O) groups excluding carboxylic acids is 1. The first-order valence-electron chi connectivity index (χ1n) is 10.8. The van der Waals surface area contributed by atoms with Gasteiger partial charge in [0.1, 0.15) is 0 Å². The zero-order valence-electron chi connectivity index (χ0n) is 18.2. The Kier molecular flexibility index (Phi) is 4.93. The summed E-state index contributed by atoms with van der Waals surface area (Å²) in [5.74, 6) is 1.75. The highest BCUT2D eigenvalue weighted by Crippen LogP contribution is 2.47. The van der Waals surface area contributed by atoms with Crippen molar-refractivity contribution in [2.75, 3.05) is 14.2 Å². The Bertz CT molecular complexity index is 1140. The van der Waals surface area contributed by atoms with Crippen molar-refractivity contribution in [3.8, 4) is 11.5 Å². The third-order valence-electron chi connectivity index (χ3n) is 6.70. The van der Waals surface area contributed by atoms with E-state index in [-0.39, 0.29) is 17.9 Å². The molecule has 1 aliphatic carbocycles. The third-order valence-corrected chi connectivity index (χ3v) is 6.70. The number of hydrogen-bond donors (Lipinski definition) is 0. The predicted molar refractivity (Wildman–Crippen MR) is 121 cm³/mol. The van der Waals surface area contributed by atoms with Gasteiger partial charge in [-0.05, 0) is 60.2 Å². The maximum Gasteiger partial charge on any atom is 0.254 e. The molecule has 158 valence electrons. The van der Waals surface area contributed by atoms with Crippen LogP contribution in [0.2, 0.25) is 0 Å². The summed E-state index contributed by atoms with van der Waals surface area (Å²) in [6.45, 7) is 2.71. The molecule has 1 amide bonds. The monoisotopic (exact) mass is 413 g/mol. The smallest absolute Gasteiger partial charge is 0.254 e. The van der Waals surface area contributed by atoms with Crippen molar-refractivity contribution in [1.82, 2.24) is 4.90 Å². The number of nitrogens with zero attached hydrogens (tertiary/aromatic N) is 1. The van der Waals surface area contributed by atoms with Gasteiger partial charge in [-0.2, -0.15) is 0 Å². The van der Waals surface area contributed by atoms with Crippen molar-refractivity contribution >= 4 is 5.91 Å². The minimum Gasteiger partial charge on any atom is -0.493 e. The van der Waals surface area contributed by atoms with Gasteiger partial charge in [-0.1, -0.05) is 48.0 Å². The Balaban J connectivity index is 1.67. The van der Waals surface area contributed by atoms with Gasteiger partial charge < -0.3 is 14.4 Å². The highest BCUT2D eigenvalue weighted by molar-refractivity contribution is 5.98. The summed E-state index contributed by atoms with van der Waals surface area (Å²) < 4.78 is 11.2. The molecule has 0 fully saturated rings. The Labute approximate surface area is 183 Å². The van der Waals surface area contributed by atoms with Crippen LogP contribution >= 0.6 is 0 Å². The molecule has 1 aliphatic heterocycles. The van der Waals surface area contributed by atoms with E-state index in [0.29, 0.717) is 6.54 Å². The largest absolute Gasteiger partial charge is 0.493 e. The molecule has 4 nitrogen and oxygen atoms in total. The van der Waals surface area contributed by atoms with E-state index in [1.807, 2.05) is 30.3 Å². The molecule has 2 unspecified atom stereocenters. The van der Waals surface area contributed by atoms with Crippen molar-refractivity contribution in [3.63, 3.8) is 0 Å². The first-order valence-corrected chi connectivity index (χ1v) is 10.8. The van der Waals surface area contributed by atoms with Crippen LogP contribution < -0.4 is 9.47 Å². The Morgan fingerprint density at radius 2 is 1.68 bits per heavy atom. The first-order chi connectivity index (χ1) is 15.1. The van der Waals surface area contributed by atoms with Gasteiger partial charge in [0, 0.05) is 24.1 Å². The molecule has 0 radical (unpaired) electrons. The van der Waals surface area contributed by atoms with Crippen molar-refractivity contribution < 1.29 is 14.3 Å². The minimum atomic E-state index is 0.118. The van der Waals surface area contributed by atoms with Crippen molar-refractivity contribution in [2.45, 2.75) is 38.3 Å². The summed E-state index contributed by atoms with van der Waals surface area (Å²) in [5, 5.41) is 0. The summed E-state index contributed by atoms with van der Waals surface area (Å²) in [4.78, 5) is 15.7. The van der Waals surface area contributed by atoms with E-state index >= 15 is 0 Å². The SMILES string of the molecule is COc1cc2c(cc1OC)C1c3cc(C)ccc3C(=O)N(Cc3ccccc3)C1CC2. The van der Waals surface area contributed by atoms with Gasteiger partial charge in [0.2, 0.25) is 0 Å². The van der Waals surface area contributed by atoms with Crippen LogP contribution in [0, 0.1) is 6.92 Å². The van der Waals surface area contributed by atoms with Crippen LogP contribution in [-0.4, -0.2) is 31.1 Å². The molecule has 2 aliphatic rings. The number of hydrogen-bond acceptors (Lipinski definition) is 3. The van der Waals surface area contributed by atoms with Crippen LogP contribution in [0.4, 0.5) is 0 Å². The van der Waals surface area contributed by atoms with Gasteiger partial charge in [0.25, 0.3) is 5.91 Å². The molecule has 3 aromatic carbocycles. The zero-order chi connectivity index (χ0) is 21.5. The van der Waals surface area contributed by atoms with E-state index in [9.17, 15) is 4.79 Å². The van der Waals surface area contributed by atoms with E-state index < -0.39 is 0 Å². The maximum atomic E-state index is 13.6. The predicted octanol–water partition coefficient (Wildman–Crippen LogP) is 5.11. The van der Waals surface area contributed by atoms with Crippen molar-refractivity contribution in [2.24, 2.45) is 0 Å². The van der Waals surface area contributed by atoms with Crippen molar-refractivity contribution in [1.29, 1.82) is 0 Å². The summed E-state index contributed by atoms with van der Waals surface area (Å²) in [6.07, 6.45) is 1.84. The number of ether oxygens (including phenoxy) is 2. The van der Waals surface area contributed by atoms with Gasteiger partial charge in [-0.25, -0.2) is 0 Å². The van der Waals surface area contributed by atoms with E-state index in [1.54, 1.807) is 14.2 Å². The highest BCUT2D eigenvalue weighted by Gasteiger charge is 2.43. The van der Waals surface area contributed by atoms with Gasteiger partial charge in [0.05, 0.1) is 14.2 Å². The third kappa shape index (κ3) is 3.27. The second-order valence-electron chi connectivity index (χ2n) is 8.50. The summed E-state index contributed by atoms with van der Waals surface area (Å²) in [5.41, 5.74) is 6.79. The number of aryl methyl sites for hydroxylation is 2. The van der Waals surface area contributed by atoms with Crippen LogP contribution in [-0.2, 0) is 13.0 Å². The molecule has 0 N–H and O–H groups in total. The average molecular weight is 414 g/mol. The van der Waals surface area contributed by atoms with E-state index in [2.05, 4.69) is 42.2 Å². The normalized spacial score (nSPS) is 19.3. The number of fused-ring (bicyclic) bond motifs is 5. The molecule has 31 heavy (non-hydrogen) atoms. The van der Waals surface area contributed by atoms with E-state index in [1.165, 1.54) is 16.7 Å². The van der Waals surface area contributed by atoms with Crippen LogP contribution in [0.3, 0.4) is 0 Å². The van der Waals surface area contributed by atoms with Gasteiger partial charge in [-0.3, -0.25) is 4.79 Å². The molecule has 0 saturated heterocycles. The summed E-state index contributed by atoms with van der Waals surface area (Å²) >= 11 is 0. The fourth-order valence-corrected chi connectivity index (χ4v) is 5.24. The molecular weight excluding hydrogens is 386 g/mol. The topological polar surface area (TPSA) is 38.8 Å². The second kappa shape index (κ2) is 7.77. The average Bonchev–Trinajstić information content (AvgIpc) is 2.80. The number of benzene rings is 3. The molecule has 2 atom stereocenters. The number of rotatable bonds is 4. The standard InChI is InChI=1S/C27H27NO3/c1-17-9-11-20-22(13-17)26-21-15-25(31-3)24(30-2)14-19(21)10-12-23(26)28(27(20)29)16-18-7-5-4-6-8-18/h4-9,11,13-15,23,26H,10,12,16H2,1-3H3. The fraction of sp³-hybridized carbons (Fsp3) is 0.296. The van der Waals surface area contributed by atoms with E-state index in [4.69, 9.17) is 9.47 Å². The highest BCUT2D eigenvalue weighted by atomic mass is 16.5. The lowest BCUT2D eigenvalue weighted by atomic mass is 9.71. The van der Waals surface area contributed by atoms with Crippen LogP contribution in [0.25, 0.3) is 0 Å². The number of carbonyl (C=O) groups is 1. The molecule has 4 heteroatoms. The molecule has 3 aromatic rings. The molecular formula is C27H27NO3. The molecule has 0 aromatic heterocycles. The first kappa shape index (κ1) is 19.7. The lowest BCUT2D eigenvalue weighted by Gasteiger charge is -2.46. The lowest BCUT2D eigenvalue weighted by molar-refractivity contribution is 0.0586. The molecule has 0 bridgehead atoms. The number of methoxy groups -OCH3 is 2. The maximum absolute atomic E-state index is 13.6. The quantitative estimate of drug-likeness (QED) is 0.596. The van der Waals surface area contributed by atoms with E-state index in [0.717, 1.165) is 41.0 Å². The van der Waals surface area contributed by atoms with Crippen molar-refractivity contribution in [3.05, 3.63) is 94.0 Å². The van der Waals surface area contributed by atoms with Gasteiger partial charge in [0.15, 0.2) is 11.5 Å². The zero-order valence-corrected chi connectivity index (χ0v) is 18.2. The number of amides is 1. The second-order valence-corrected chi connectivity index (χ2v) is 8.50. The fourth-order valence-electron chi connectivity index (χ4n) is 5.24. The van der Waals surface area contributed by atoms with Gasteiger partial charge >= 0.3 is 0 Å². The molecule has 0 spiro atoms. The Hall–Kier alpha value is -3.27. The van der Waals surface area contributed by atoms with Crippen LogP contribution in [0.15, 0.2) is 60.7 Å². The summed E-state index contributed by atoms with van der Waals surface area (Å²) in [7, 11) is 3.35. The summed E-state index contributed by atoms with van der Waals surface area (Å²) in [6, 6.07) is 20.8. The van der Waals surface area contributed by atoms with Gasteiger partial charge in [-0.15, -0.1) is 0 Å². The minimum absolute atomic E-state index is 0.118. The lowest BCUT2D eigenvalue weighted by Crippen LogP contribution is -2.49. The molecule has 5 rings (SSSR count).